The van der Waals surface area contributed by atoms with E-state index >= 15 is 0 Å². The number of nitrogens with zero attached hydrogens (tertiary/aromatic N) is 4. The van der Waals surface area contributed by atoms with Gasteiger partial charge in [0.2, 0.25) is 5.91 Å². The van der Waals surface area contributed by atoms with Crippen molar-refractivity contribution in [3.05, 3.63) is 93.9 Å². The van der Waals surface area contributed by atoms with Crippen LogP contribution >= 0.6 is 0 Å². The number of rotatable bonds is 11. The molecule has 0 aliphatic carbocycles. The number of hydrogen-bond donors (Lipinski definition) is 0. The zero-order valence-corrected chi connectivity index (χ0v) is 25.6. The molecule has 9 nitrogen and oxygen atoms in total. The van der Waals surface area contributed by atoms with Crippen molar-refractivity contribution in [2.24, 2.45) is 0 Å². The maximum atomic E-state index is 13.9. The third-order valence-corrected chi connectivity index (χ3v) is 8.79. The normalized spacial score (nSPS) is 13.0. The molecule has 4 rings (SSSR count). The monoisotopic (exact) mass is 688 g/mol. The lowest BCUT2D eigenvalue weighted by Gasteiger charge is -2.30. The van der Waals surface area contributed by atoms with E-state index in [1.807, 2.05) is 0 Å². The Bertz CT molecular complexity index is 1930. The lowest BCUT2D eigenvalue weighted by molar-refractivity contribution is -0.153. The maximum Gasteiger partial charge on any atom is 0.422 e. The lowest BCUT2D eigenvalue weighted by atomic mass is 10.1. The van der Waals surface area contributed by atoms with Gasteiger partial charge in [0.15, 0.2) is 22.1 Å². The number of carbonyl (C=O) groups excluding carboxylic acids is 1. The van der Waals surface area contributed by atoms with Crippen molar-refractivity contribution >= 4 is 26.8 Å². The molecule has 252 valence electrons. The van der Waals surface area contributed by atoms with Crippen molar-refractivity contribution in [3.8, 4) is 11.4 Å². The SMILES string of the molecule is CCS(=O)(=O)CCN(C(=O)Cc1ccc(F)c(C(F)(F)F)c1)C(C)c1nc2ncccc2c(=O)n1-c1ccc(OCC(F)(F)F)cc1. The summed E-state index contributed by atoms with van der Waals surface area (Å²) in [5, 5.41) is 0.0401. The van der Waals surface area contributed by atoms with E-state index in [1.165, 1.54) is 56.4 Å². The number of hydrogen-bond acceptors (Lipinski definition) is 7. The predicted octanol–water partition coefficient (Wildman–Crippen LogP) is 5.45. The molecule has 47 heavy (non-hydrogen) atoms. The molecule has 2 aromatic carbocycles. The molecule has 0 aliphatic rings. The number of benzene rings is 2. The summed E-state index contributed by atoms with van der Waals surface area (Å²) in [7, 11) is -3.68. The molecule has 0 saturated heterocycles. The van der Waals surface area contributed by atoms with Gasteiger partial charge in [0.05, 0.1) is 34.9 Å². The summed E-state index contributed by atoms with van der Waals surface area (Å²) in [5.41, 5.74) is -2.43. The molecule has 0 fully saturated rings. The Kier molecular flexibility index (Phi) is 10.3. The van der Waals surface area contributed by atoms with E-state index in [4.69, 9.17) is 4.74 Å². The standard InChI is InChI=1S/C30H27F7N4O5S/c1-3-47(44,45)14-13-40(25(42)16-19-6-11-24(31)23(15-19)30(35,36)37)18(2)27-39-26-22(5-4-12-38-26)28(43)41(27)20-7-9-21(10-8-20)46-17-29(32,33)34/h4-12,15,18H,3,13-14,16-17H2,1-2H3. The molecule has 1 amide bonds. The van der Waals surface area contributed by atoms with E-state index in [2.05, 4.69) is 9.97 Å². The van der Waals surface area contributed by atoms with Crippen LogP contribution in [0.25, 0.3) is 16.7 Å². The lowest BCUT2D eigenvalue weighted by Crippen LogP contribution is -2.41. The van der Waals surface area contributed by atoms with Gasteiger partial charge >= 0.3 is 12.4 Å². The van der Waals surface area contributed by atoms with Crippen LogP contribution < -0.4 is 10.3 Å². The number of ether oxygens (including phenoxy) is 1. The Morgan fingerprint density at radius 3 is 2.34 bits per heavy atom. The molecule has 1 atom stereocenters. The average molecular weight is 689 g/mol. The molecule has 0 spiro atoms. The van der Waals surface area contributed by atoms with Gasteiger partial charge in [0, 0.05) is 18.5 Å². The Balaban J connectivity index is 1.81. The second-order valence-corrected chi connectivity index (χ2v) is 12.8. The second kappa shape index (κ2) is 13.7. The first-order valence-electron chi connectivity index (χ1n) is 13.9. The molecule has 0 radical (unpaired) electrons. The zero-order chi connectivity index (χ0) is 34.7. The van der Waals surface area contributed by atoms with E-state index in [0.717, 1.165) is 15.5 Å². The number of carbonyl (C=O) groups is 1. The summed E-state index contributed by atoms with van der Waals surface area (Å²) in [6.45, 7) is 0.784. The number of fused-ring (bicyclic) bond motifs is 1. The fourth-order valence-corrected chi connectivity index (χ4v) is 5.42. The largest absolute Gasteiger partial charge is 0.484 e. The van der Waals surface area contributed by atoms with E-state index in [-0.39, 0.29) is 39.6 Å². The van der Waals surface area contributed by atoms with Crippen molar-refractivity contribution < 1.29 is 48.7 Å². The summed E-state index contributed by atoms with van der Waals surface area (Å²) in [6.07, 6.45) is -8.99. The number of halogens is 7. The minimum atomic E-state index is -5.04. The van der Waals surface area contributed by atoms with Crippen LogP contribution in [0.2, 0.25) is 0 Å². The van der Waals surface area contributed by atoms with Crippen LogP contribution in [0.4, 0.5) is 30.7 Å². The highest BCUT2D eigenvalue weighted by Crippen LogP contribution is 2.32. The maximum absolute atomic E-state index is 13.9. The fourth-order valence-electron chi connectivity index (χ4n) is 4.65. The van der Waals surface area contributed by atoms with Crippen LogP contribution in [0.3, 0.4) is 0 Å². The molecule has 2 aromatic heterocycles. The van der Waals surface area contributed by atoms with Crippen LogP contribution in [0.5, 0.6) is 5.75 Å². The first kappa shape index (κ1) is 35.3. The van der Waals surface area contributed by atoms with E-state index in [9.17, 15) is 48.7 Å². The highest BCUT2D eigenvalue weighted by atomic mass is 32.2. The van der Waals surface area contributed by atoms with E-state index < -0.39 is 76.4 Å². The minimum absolute atomic E-state index is 0.0392. The molecular formula is C30H27F7N4O5S. The van der Waals surface area contributed by atoms with Gasteiger partial charge in [-0.05, 0) is 61.0 Å². The zero-order valence-electron chi connectivity index (χ0n) is 24.8. The Morgan fingerprint density at radius 1 is 1.04 bits per heavy atom. The highest BCUT2D eigenvalue weighted by Gasteiger charge is 2.35. The molecule has 1 unspecified atom stereocenters. The van der Waals surface area contributed by atoms with Crippen LogP contribution in [-0.2, 0) is 27.2 Å². The summed E-state index contributed by atoms with van der Waals surface area (Å²) in [5.74, 6) is -3.52. The number of alkyl halides is 6. The molecule has 17 heteroatoms. The molecular weight excluding hydrogens is 661 g/mol. The molecule has 0 aliphatic heterocycles. The van der Waals surface area contributed by atoms with Crippen molar-refractivity contribution in [2.75, 3.05) is 24.7 Å². The molecule has 4 aromatic rings. The van der Waals surface area contributed by atoms with Crippen LogP contribution in [0.15, 0.2) is 65.6 Å². The summed E-state index contributed by atoms with van der Waals surface area (Å²) >= 11 is 0. The van der Waals surface area contributed by atoms with Crippen molar-refractivity contribution in [1.82, 2.24) is 19.4 Å². The third-order valence-electron chi connectivity index (χ3n) is 7.10. The van der Waals surface area contributed by atoms with Crippen LogP contribution in [-0.4, -0.2) is 64.6 Å². The fraction of sp³-hybridized carbons (Fsp3) is 0.333. The number of sulfone groups is 1. The van der Waals surface area contributed by atoms with Crippen LogP contribution in [0.1, 0.15) is 36.8 Å². The van der Waals surface area contributed by atoms with Gasteiger partial charge in [-0.3, -0.25) is 14.2 Å². The molecule has 0 bridgehead atoms. The number of pyridine rings is 1. The Morgan fingerprint density at radius 2 is 1.72 bits per heavy atom. The highest BCUT2D eigenvalue weighted by molar-refractivity contribution is 7.91. The van der Waals surface area contributed by atoms with Gasteiger partial charge in [-0.15, -0.1) is 0 Å². The van der Waals surface area contributed by atoms with Crippen molar-refractivity contribution in [3.63, 3.8) is 0 Å². The summed E-state index contributed by atoms with van der Waals surface area (Å²) < 4.78 is 123. The van der Waals surface area contributed by atoms with Crippen molar-refractivity contribution in [1.29, 1.82) is 0 Å². The smallest absolute Gasteiger partial charge is 0.422 e. The Labute approximate surface area is 263 Å². The minimum Gasteiger partial charge on any atom is -0.484 e. The van der Waals surface area contributed by atoms with Gasteiger partial charge in [0.25, 0.3) is 5.56 Å². The third kappa shape index (κ3) is 8.64. The van der Waals surface area contributed by atoms with Gasteiger partial charge in [-0.25, -0.2) is 22.8 Å². The second-order valence-electron chi connectivity index (χ2n) is 10.4. The van der Waals surface area contributed by atoms with E-state index in [1.54, 1.807) is 0 Å². The Hall–Kier alpha value is -4.54. The number of amides is 1. The quantitative estimate of drug-likeness (QED) is 0.193. The van der Waals surface area contributed by atoms with Crippen molar-refractivity contribution in [2.45, 2.75) is 38.7 Å². The molecule has 2 heterocycles. The molecule has 0 N–H and O–H groups in total. The average Bonchev–Trinajstić information content (AvgIpc) is 3.00. The molecule has 0 saturated carbocycles. The van der Waals surface area contributed by atoms with Gasteiger partial charge in [-0.2, -0.15) is 26.3 Å². The van der Waals surface area contributed by atoms with E-state index in [0.29, 0.717) is 12.1 Å². The summed E-state index contributed by atoms with van der Waals surface area (Å²) in [4.78, 5) is 37.0. The number of aromatic nitrogens is 3. The predicted molar refractivity (Wildman–Crippen MR) is 156 cm³/mol. The van der Waals surface area contributed by atoms with Gasteiger partial charge < -0.3 is 9.64 Å². The van der Waals surface area contributed by atoms with Crippen LogP contribution in [0, 0.1) is 5.82 Å². The summed E-state index contributed by atoms with van der Waals surface area (Å²) in [6, 6.07) is 8.63. The first-order chi connectivity index (χ1) is 21.9. The topological polar surface area (TPSA) is 111 Å². The van der Waals surface area contributed by atoms with Gasteiger partial charge in [0.1, 0.15) is 17.4 Å². The first-order valence-corrected chi connectivity index (χ1v) is 15.8. The van der Waals surface area contributed by atoms with Gasteiger partial charge in [-0.1, -0.05) is 13.0 Å².